The summed E-state index contributed by atoms with van der Waals surface area (Å²) in [5.74, 6) is 0.266. The molecule has 0 aromatic rings. The highest BCUT2D eigenvalue weighted by atomic mass is 16.2. The Morgan fingerprint density at radius 1 is 1.24 bits per heavy atom. The van der Waals surface area contributed by atoms with Crippen molar-refractivity contribution in [3.8, 4) is 0 Å². The number of nitrogens with one attached hydrogen (secondary N) is 1. The van der Waals surface area contributed by atoms with Gasteiger partial charge in [0.2, 0.25) is 5.91 Å². The van der Waals surface area contributed by atoms with Crippen LogP contribution in [0.1, 0.15) is 32.1 Å². The van der Waals surface area contributed by atoms with E-state index < -0.39 is 0 Å². The zero-order chi connectivity index (χ0) is 12.3. The molecule has 4 nitrogen and oxygen atoms in total. The van der Waals surface area contributed by atoms with Crippen LogP contribution in [0.15, 0.2) is 0 Å². The lowest BCUT2D eigenvalue weighted by Crippen LogP contribution is -2.41. The minimum atomic E-state index is 0.0777. The van der Waals surface area contributed by atoms with Crippen molar-refractivity contribution in [2.24, 2.45) is 0 Å². The number of rotatable bonds is 4. The number of nitrogens with zero attached hydrogens (tertiary/aromatic N) is 2. The van der Waals surface area contributed by atoms with Crippen LogP contribution in [0.4, 0.5) is 0 Å². The maximum absolute atomic E-state index is 11.7. The normalized spacial score (nSPS) is 31.2. The van der Waals surface area contributed by atoms with Gasteiger partial charge in [-0.2, -0.15) is 0 Å². The van der Waals surface area contributed by atoms with Gasteiger partial charge in [-0.25, -0.2) is 0 Å². The molecule has 2 rings (SSSR count). The largest absolute Gasteiger partial charge is 0.344 e. The van der Waals surface area contributed by atoms with Crippen molar-refractivity contribution in [2.75, 3.05) is 33.7 Å². The van der Waals surface area contributed by atoms with Crippen molar-refractivity contribution in [3.63, 3.8) is 0 Å². The Morgan fingerprint density at radius 2 is 2.06 bits per heavy atom. The minimum Gasteiger partial charge on any atom is -0.344 e. The van der Waals surface area contributed by atoms with E-state index in [0.717, 1.165) is 19.5 Å². The van der Waals surface area contributed by atoms with Crippen LogP contribution in [0, 0.1) is 0 Å². The van der Waals surface area contributed by atoms with E-state index in [1.54, 1.807) is 0 Å². The van der Waals surface area contributed by atoms with Crippen LogP contribution < -0.4 is 5.32 Å². The predicted octanol–water partition coefficient (Wildman–Crippen LogP) is 0.681. The third-order valence-electron chi connectivity index (χ3n) is 4.22. The highest BCUT2D eigenvalue weighted by Crippen LogP contribution is 2.17. The third-order valence-corrected chi connectivity index (χ3v) is 4.22. The molecular formula is C13H25N3O. The topological polar surface area (TPSA) is 35.6 Å². The van der Waals surface area contributed by atoms with E-state index in [2.05, 4.69) is 17.3 Å². The average Bonchev–Trinajstić information content (AvgIpc) is 2.63. The van der Waals surface area contributed by atoms with Crippen molar-refractivity contribution in [1.82, 2.24) is 15.1 Å². The second-order valence-electron chi connectivity index (χ2n) is 5.47. The van der Waals surface area contributed by atoms with Gasteiger partial charge in [-0.05, 0) is 45.8 Å². The smallest absolute Gasteiger partial charge is 0.239 e. The molecule has 2 aliphatic rings. The summed E-state index contributed by atoms with van der Waals surface area (Å²) in [5.41, 5.74) is 0. The molecule has 2 fully saturated rings. The SMILES string of the molecule is CN1CCC(NCCC2CCCCN2C)C1=O. The second kappa shape index (κ2) is 5.83. The van der Waals surface area contributed by atoms with Crippen molar-refractivity contribution in [3.05, 3.63) is 0 Å². The van der Waals surface area contributed by atoms with E-state index in [9.17, 15) is 4.79 Å². The van der Waals surface area contributed by atoms with Gasteiger partial charge in [0, 0.05) is 19.6 Å². The van der Waals surface area contributed by atoms with Crippen molar-refractivity contribution < 1.29 is 4.79 Å². The van der Waals surface area contributed by atoms with E-state index in [1.165, 1.54) is 32.2 Å². The van der Waals surface area contributed by atoms with Crippen LogP contribution in [0.5, 0.6) is 0 Å². The van der Waals surface area contributed by atoms with Gasteiger partial charge in [-0.3, -0.25) is 4.79 Å². The maximum atomic E-state index is 11.7. The molecule has 2 aliphatic heterocycles. The Labute approximate surface area is 104 Å². The number of piperidine rings is 1. The summed E-state index contributed by atoms with van der Waals surface area (Å²) in [6.07, 6.45) is 6.16. The molecule has 17 heavy (non-hydrogen) atoms. The molecule has 0 aromatic heterocycles. The lowest BCUT2D eigenvalue weighted by Gasteiger charge is -2.32. The highest BCUT2D eigenvalue weighted by Gasteiger charge is 2.28. The molecular weight excluding hydrogens is 214 g/mol. The summed E-state index contributed by atoms with van der Waals surface area (Å²) < 4.78 is 0. The summed E-state index contributed by atoms with van der Waals surface area (Å²) in [6.45, 7) is 3.11. The molecule has 2 unspecified atom stereocenters. The second-order valence-corrected chi connectivity index (χ2v) is 5.47. The van der Waals surface area contributed by atoms with Crippen molar-refractivity contribution >= 4 is 5.91 Å². The molecule has 2 saturated heterocycles. The Kier molecular flexibility index (Phi) is 4.40. The fraction of sp³-hybridized carbons (Fsp3) is 0.923. The van der Waals surface area contributed by atoms with Gasteiger partial charge in [0.05, 0.1) is 6.04 Å². The molecule has 0 aromatic carbocycles. The fourth-order valence-corrected chi connectivity index (χ4v) is 2.94. The minimum absolute atomic E-state index is 0.0777. The number of hydrogen-bond donors (Lipinski definition) is 1. The van der Waals surface area contributed by atoms with Gasteiger partial charge in [0.1, 0.15) is 0 Å². The number of hydrogen-bond acceptors (Lipinski definition) is 3. The molecule has 4 heteroatoms. The molecule has 1 N–H and O–H groups in total. The van der Waals surface area contributed by atoms with E-state index >= 15 is 0 Å². The van der Waals surface area contributed by atoms with Gasteiger partial charge in [0.25, 0.3) is 0 Å². The monoisotopic (exact) mass is 239 g/mol. The number of amides is 1. The standard InChI is InChI=1S/C13H25N3O/c1-15-9-4-3-5-11(15)6-8-14-12-7-10-16(2)13(12)17/h11-12,14H,3-10H2,1-2H3. The average molecular weight is 239 g/mol. The Balaban J connectivity index is 1.67. The first-order valence-corrected chi connectivity index (χ1v) is 6.87. The molecule has 2 heterocycles. The Morgan fingerprint density at radius 3 is 2.71 bits per heavy atom. The van der Waals surface area contributed by atoms with E-state index in [4.69, 9.17) is 0 Å². The quantitative estimate of drug-likeness (QED) is 0.784. The predicted molar refractivity (Wildman–Crippen MR) is 68.9 cm³/mol. The van der Waals surface area contributed by atoms with Crippen LogP contribution in [0.3, 0.4) is 0 Å². The number of carbonyl (C=O) groups excluding carboxylic acids is 1. The molecule has 2 atom stereocenters. The van der Waals surface area contributed by atoms with Crippen LogP contribution in [-0.4, -0.2) is 61.5 Å². The van der Waals surface area contributed by atoms with Crippen LogP contribution in [0.25, 0.3) is 0 Å². The van der Waals surface area contributed by atoms with Crippen LogP contribution in [0.2, 0.25) is 0 Å². The third kappa shape index (κ3) is 3.19. The fourth-order valence-electron chi connectivity index (χ4n) is 2.94. The van der Waals surface area contributed by atoms with Crippen LogP contribution >= 0.6 is 0 Å². The molecule has 0 saturated carbocycles. The first kappa shape index (κ1) is 12.8. The lowest BCUT2D eigenvalue weighted by molar-refractivity contribution is -0.128. The maximum Gasteiger partial charge on any atom is 0.239 e. The summed E-state index contributed by atoms with van der Waals surface area (Å²) in [5, 5.41) is 3.41. The lowest BCUT2D eigenvalue weighted by atomic mass is 10.00. The summed E-state index contributed by atoms with van der Waals surface area (Å²) >= 11 is 0. The van der Waals surface area contributed by atoms with Gasteiger partial charge < -0.3 is 15.1 Å². The number of likely N-dealkylation sites (N-methyl/N-ethyl adjacent to an activating group) is 1. The zero-order valence-electron chi connectivity index (χ0n) is 11.1. The van der Waals surface area contributed by atoms with Gasteiger partial charge >= 0.3 is 0 Å². The first-order valence-electron chi connectivity index (χ1n) is 6.87. The zero-order valence-corrected chi connectivity index (χ0v) is 11.1. The number of carbonyl (C=O) groups is 1. The van der Waals surface area contributed by atoms with Gasteiger partial charge in [-0.1, -0.05) is 6.42 Å². The van der Waals surface area contributed by atoms with E-state index in [0.29, 0.717) is 6.04 Å². The molecule has 0 bridgehead atoms. The molecule has 0 aliphatic carbocycles. The van der Waals surface area contributed by atoms with Gasteiger partial charge in [0.15, 0.2) is 0 Å². The Bertz CT molecular complexity index is 269. The number of likely N-dealkylation sites (tertiary alicyclic amines) is 2. The van der Waals surface area contributed by atoms with Crippen molar-refractivity contribution in [2.45, 2.75) is 44.2 Å². The van der Waals surface area contributed by atoms with Gasteiger partial charge in [-0.15, -0.1) is 0 Å². The highest BCUT2D eigenvalue weighted by molar-refractivity contribution is 5.83. The summed E-state index contributed by atoms with van der Waals surface area (Å²) in [4.78, 5) is 16.0. The molecule has 0 spiro atoms. The summed E-state index contributed by atoms with van der Waals surface area (Å²) in [7, 11) is 4.11. The molecule has 0 radical (unpaired) electrons. The molecule has 98 valence electrons. The van der Waals surface area contributed by atoms with Crippen LogP contribution in [-0.2, 0) is 4.79 Å². The van der Waals surface area contributed by atoms with E-state index in [-0.39, 0.29) is 11.9 Å². The summed E-state index contributed by atoms with van der Waals surface area (Å²) in [6, 6.07) is 0.791. The van der Waals surface area contributed by atoms with E-state index in [1.807, 2.05) is 11.9 Å². The Hall–Kier alpha value is -0.610. The molecule has 1 amide bonds. The van der Waals surface area contributed by atoms with Crippen molar-refractivity contribution in [1.29, 1.82) is 0 Å². The first-order chi connectivity index (χ1) is 8.18.